The summed E-state index contributed by atoms with van der Waals surface area (Å²) >= 11 is 2.94. The quantitative estimate of drug-likeness (QED) is 0.613. The lowest BCUT2D eigenvalue weighted by Crippen LogP contribution is -2.11. The topological polar surface area (TPSA) is 59.3 Å². The monoisotopic (exact) mass is 344 g/mol. The number of rotatable bonds is 3. The summed E-state index contributed by atoms with van der Waals surface area (Å²) in [5, 5.41) is 7.09. The molecular formula is C15H9FN4OS2. The maximum Gasteiger partial charge on any atom is 0.277 e. The molecule has 0 radical (unpaired) electrons. The van der Waals surface area contributed by atoms with Gasteiger partial charge in [0.2, 0.25) is 0 Å². The van der Waals surface area contributed by atoms with Gasteiger partial charge in [0, 0.05) is 17.8 Å². The standard InChI is InChI=1S/C15H9FN4OS2/c16-9-3-4-13-17-10(7-20(13)6-9)14(21)19-15-18-11(8-23-15)12-2-1-5-22-12/h1-8H,(H,18,19,21). The number of nitrogens with one attached hydrogen (secondary N) is 1. The number of aromatic nitrogens is 3. The number of anilines is 1. The number of nitrogens with zero attached hydrogens (tertiary/aromatic N) is 3. The highest BCUT2D eigenvalue weighted by Crippen LogP contribution is 2.28. The first-order chi connectivity index (χ1) is 11.2. The van der Waals surface area contributed by atoms with Gasteiger partial charge < -0.3 is 4.40 Å². The van der Waals surface area contributed by atoms with E-state index in [4.69, 9.17) is 0 Å². The van der Waals surface area contributed by atoms with E-state index in [1.54, 1.807) is 11.3 Å². The highest BCUT2D eigenvalue weighted by molar-refractivity contribution is 7.16. The van der Waals surface area contributed by atoms with Crippen molar-refractivity contribution >= 4 is 39.4 Å². The number of fused-ring (bicyclic) bond motifs is 1. The van der Waals surface area contributed by atoms with E-state index < -0.39 is 0 Å². The van der Waals surface area contributed by atoms with Crippen LogP contribution in [0.2, 0.25) is 0 Å². The number of hydrogen-bond acceptors (Lipinski definition) is 5. The third-order valence-corrected chi connectivity index (χ3v) is 4.80. The number of carbonyl (C=O) groups is 1. The molecule has 0 bridgehead atoms. The Morgan fingerprint density at radius 1 is 1.17 bits per heavy atom. The predicted octanol–water partition coefficient (Wildman–Crippen LogP) is 3.91. The van der Waals surface area contributed by atoms with Crippen molar-refractivity contribution in [3.05, 3.63) is 58.9 Å². The third kappa shape index (κ3) is 2.73. The van der Waals surface area contributed by atoms with E-state index in [1.807, 2.05) is 22.9 Å². The van der Waals surface area contributed by atoms with Crippen molar-refractivity contribution in [3.8, 4) is 10.6 Å². The Balaban J connectivity index is 1.57. The van der Waals surface area contributed by atoms with Gasteiger partial charge in [0.05, 0.1) is 10.6 Å². The first-order valence-corrected chi connectivity index (χ1v) is 8.40. The van der Waals surface area contributed by atoms with Crippen molar-refractivity contribution in [3.63, 3.8) is 0 Å². The van der Waals surface area contributed by atoms with Crippen LogP contribution in [0.25, 0.3) is 16.2 Å². The molecule has 4 aromatic rings. The number of halogens is 1. The van der Waals surface area contributed by atoms with Gasteiger partial charge in [0.1, 0.15) is 17.2 Å². The molecule has 1 N–H and O–H groups in total. The Kier molecular flexibility index (Phi) is 3.40. The van der Waals surface area contributed by atoms with Crippen LogP contribution in [-0.2, 0) is 0 Å². The van der Waals surface area contributed by atoms with Crippen LogP contribution in [0.3, 0.4) is 0 Å². The van der Waals surface area contributed by atoms with E-state index in [0.717, 1.165) is 10.6 Å². The average molecular weight is 344 g/mol. The van der Waals surface area contributed by atoms with Gasteiger partial charge in [-0.2, -0.15) is 0 Å². The maximum absolute atomic E-state index is 13.2. The van der Waals surface area contributed by atoms with Crippen molar-refractivity contribution in [2.45, 2.75) is 0 Å². The molecule has 0 aliphatic carbocycles. The second kappa shape index (κ2) is 5.56. The van der Waals surface area contributed by atoms with Gasteiger partial charge in [0.25, 0.3) is 5.91 Å². The van der Waals surface area contributed by atoms with Crippen LogP contribution in [0, 0.1) is 5.82 Å². The molecule has 0 fully saturated rings. The van der Waals surface area contributed by atoms with Crippen molar-refractivity contribution in [1.29, 1.82) is 0 Å². The molecule has 0 unspecified atom stereocenters. The highest BCUT2D eigenvalue weighted by atomic mass is 32.1. The van der Waals surface area contributed by atoms with Gasteiger partial charge in [-0.1, -0.05) is 6.07 Å². The van der Waals surface area contributed by atoms with Gasteiger partial charge in [-0.05, 0) is 23.6 Å². The Bertz CT molecular complexity index is 990. The molecule has 4 aromatic heterocycles. The summed E-state index contributed by atoms with van der Waals surface area (Å²) < 4.78 is 14.6. The number of imidazole rings is 1. The fourth-order valence-corrected chi connectivity index (χ4v) is 3.57. The maximum atomic E-state index is 13.2. The molecule has 114 valence electrons. The summed E-state index contributed by atoms with van der Waals surface area (Å²) in [6, 6.07) is 6.75. The van der Waals surface area contributed by atoms with Crippen molar-refractivity contribution < 1.29 is 9.18 Å². The smallest absolute Gasteiger partial charge is 0.277 e. The summed E-state index contributed by atoms with van der Waals surface area (Å²) in [6.45, 7) is 0. The van der Waals surface area contributed by atoms with E-state index in [1.165, 1.54) is 40.3 Å². The minimum atomic E-state index is -0.387. The van der Waals surface area contributed by atoms with E-state index in [-0.39, 0.29) is 17.4 Å². The van der Waals surface area contributed by atoms with Gasteiger partial charge >= 0.3 is 0 Å². The zero-order valence-corrected chi connectivity index (χ0v) is 13.2. The lowest BCUT2D eigenvalue weighted by molar-refractivity contribution is 0.102. The minimum Gasteiger partial charge on any atom is -0.303 e. The summed E-state index contributed by atoms with van der Waals surface area (Å²) in [5.41, 5.74) is 1.55. The van der Waals surface area contributed by atoms with Gasteiger partial charge in [-0.15, -0.1) is 22.7 Å². The summed E-state index contributed by atoms with van der Waals surface area (Å²) in [6.07, 6.45) is 2.76. The van der Waals surface area contributed by atoms with Crippen LogP contribution in [0.5, 0.6) is 0 Å². The second-order valence-corrected chi connectivity index (χ2v) is 6.51. The zero-order valence-electron chi connectivity index (χ0n) is 11.6. The Morgan fingerprint density at radius 3 is 2.91 bits per heavy atom. The number of amides is 1. The molecule has 5 nitrogen and oxygen atoms in total. The van der Waals surface area contributed by atoms with Gasteiger partial charge in [0.15, 0.2) is 5.13 Å². The van der Waals surface area contributed by atoms with E-state index in [9.17, 15) is 9.18 Å². The van der Waals surface area contributed by atoms with Crippen molar-refractivity contribution in [2.75, 3.05) is 5.32 Å². The first-order valence-electron chi connectivity index (χ1n) is 6.64. The molecule has 8 heteroatoms. The number of carbonyl (C=O) groups excluding carboxylic acids is 1. The molecule has 0 saturated heterocycles. The Labute approximate surface area is 138 Å². The zero-order chi connectivity index (χ0) is 15.8. The van der Waals surface area contributed by atoms with E-state index in [2.05, 4.69) is 15.3 Å². The van der Waals surface area contributed by atoms with Crippen molar-refractivity contribution in [2.24, 2.45) is 0 Å². The predicted molar refractivity (Wildman–Crippen MR) is 88.5 cm³/mol. The number of thiophene rings is 1. The fourth-order valence-electron chi connectivity index (χ4n) is 2.10. The molecule has 23 heavy (non-hydrogen) atoms. The largest absolute Gasteiger partial charge is 0.303 e. The second-order valence-electron chi connectivity index (χ2n) is 4.71. The van der Waals surface area contributed by atoms with Crippen LogP contribution < -0.4 is 5.32 Å². The van der Waals surface area contributed by atoms with E-state index in [0.29, 0.717) is 10.8 Å². The molecule has 4 heterocycles. The van der Waals surface area contributed by atoms with Gasteiger partial charge in [-0.3, -0.25) is 10.1 Å². The lowest BCUT2D eigenvalue weighted by Gasteiger charge is -1.96. The Morgan fingerprint density at radius 2 is 2.09 bits per heavy atom. The van der Waals surface area contributed by atoms with Crippen LogP contribution in [0.4, 0.5) is 9.52 Å². The van der Waals surface area contributed by atoms with Gasteiger partial charge in [-0.25, -0.2) is 14.4 Å². The summed E-state index contributed by atoms with van der Waals surface area (Å²) in [4.78, 5) is 21.9. The first kappa shape index (κ1) is 14.0. The summed E-state index contributed by atoms with van der Waals surface area (Å²) in [5.74, 6) is -0.761. The molecule has 0 aliphatic heterocycles. The van der Waals surface area contributed by atoms with Crippen LogP contribution in [0.15, 0.2) is 47.4 Å². The SMILES string of the molecule is O=C(Nc1nc(-c2cccs2)cs1)c1cn2cc(F)ccc2n1. The molecular weight excluding hydrogens is 335 g/mol. The number of hydrogen-bond donors (Lipinski definition) is 1. The average Bonchev–Trinajstić information content (AvgIpc) is 3.26. The van der Waals surface area contributed by atoms with Crippen LogP contribution >= 0.6 is 22.7 Å². The summed E-state index contributed by atoms with van der Waals surface area (Å²) in [7, 11) is 0. The van der Waals surface area contributed by atoms with Crippen molar-refractivity contribution in [1.82, 2.24) is 14.4 Å². The molecule has 0 saturated carbocycles. The number of thiazole rings is 1. The fraction of sp³-hybridized carbons (Fsp3) is 0. The highest BCUT2D eigenvalue weighted by Gasteiger charge is 2.14. The molecule has 0 aliphatic rings. The molecule has 4 rings (SSSR count). The Hall–Kier alpha value is -2.58. The molecule has 0 atom stereocenters. The molecule has 0 aromatic carbocycles. The lowest BCUT2D eigenvalue weighted by atomic mass is 10.4. The minimum absolute atomic E-state index is 0.212. The molecule has 1 amide bonds. The normalized spacial score (nSPS) is 11.0. The van der Waals surface area contributed by atoms with Crippen LogP contribution in [-0.4, -0.2) is 20.3 Å². The number of pyridine rings is 1. The molecule has 0 spiro atoms. The van der Waals surface area contributed by atoms with Crippen LogP contribution in [0.1, 0.15) is 10.5 Å². The third-order valence-electron chi connectivity index (χ3n) is 3.15. The van der Waals surface area contributed by atoms with E-state index >= 15 is 0 Å².